The van der Waals surface area contributed by atoms with E-state index >= 15 is 0 Å². The first-order chi connectivity index (χ1) is 12.5. The lowest BCUT2D eigenvalue weighted by Gasteiger charge is -2.39. The monoisotopic (exact) mass is 353 g/mol. The highest BCUT2D eigenvalue weighted by atomic mass is 16.5. The fourth-order valence-corrected chi connectivity index (χ4v) is 3.22. The molecule has 0 saturated carbocycles. The molecule has 0 spiro atoms. The number of aromatic nitrogens is 1. The number of carbonyl (C=O) groups excluding carboxylic acids is 2. The Morgan fingerprint density at radius 3 is 2.81 bits per heavy atom. The van der Waals surface area contributed by atoms with E-state index in [-0.39, 0.29) is 11.8 Å². The lowest BCUT2D eigenvalue weighted by Crippen LogP contribution is -2.57. The predicted molar refractivity (Wildman–Crippen MR) is 97.9 cm³/mol. The van der Waals surface area contributed by atoms with Gasteiger partial charge in [-0.15, -0.1) is 0 Å². The van der Waals surface area contributed by atoms with Gasteiger partial charge in [-0.3, -0.25) is 9.59 Å². The number of carbonyl (C=O) groups is 2. The number of amides is 2. The molecule has 0 N–H and O–H groups in total. The molecule has 6 nitrogen and oxygen atoms in total. The molecule has 1 saturated heterocycles. The summed E-state index contributed by atoms with van der Waals surface area (Å²) >= 11 is 0. The first-order valence-corrected chi connectivity index (χ1v) is 8.65. The second-order valence-corrected chi connectivity index (χ2v) is 6.51. The Kier molecular flexibility index (Phi) is 5.21. The summed E-state index contributed by atoms with van der Waals surface area (Å²) in [5.41, 5.74) is 2.75. The van der Waals surface area contributed by atoms with Gasteiger partial charge in [0.15, 0.2) is 0 Å². The van der Waals surface area contributed by atoms with Crippen LogP contribution < -0.4 is 4.74 Å². The standard InChI is InChI=1S/C20H23N3O3/c1-14-5-4-6-16(11-14)13-22-9-10-23(15(2)19(22)24)20(25)17-7-8-21-18(12-17)26-3/h4-8,11-12,15H,9-10,13H2,1-3H3/t15-/m1/s1. The molecule has 1 aromatic carbocycles. The van der Waals surface area contributed by atoms with Crippen LogP contribution in [-0.4, -0.2) is 52.8 Å². The van der Waals surface area contributed by atoms with Crippen LogP contribution in [0.25, 0.3) is 0 Å². The number of aryl methyl sites for hydroxylation is 1. The third kappa shape index (κ3) is 3.69. The van der Waals surface area contributed by atoms with Crippen LogP contribution >= 0.6 is 0 Å². The van der Waals surface area contributed by atoms with Gasteiger partial charge < -0.3 is 14.5 Å². The van der Waals surface area contributed by atoms with Crippen LogP contribution in [0.5, 0.6) is 5.88 Å². The van der Waals surface area contributed by atoms with Gasteiger partial charge in [0, 0.05) is 37.5 Å². The number of nitrogens with zero attached hydrogens (tertiary/aromatic N) is 3. The Bertz CT molecular complexity index is 821. The average molecular weight is 353 g/mol. The average Bonchev–Trinajstić information content (AvgIpc) is 2.65. The van der Waals surface area contributed by atoms with E-state index in [1.165, 1.54) is 18.9 Å². The van der Waals surface area contributed by atoms with E-state index in [2.05, 4.69) is 11.1 Å². The number of rotatable bonds is 4. The third-order valence-electron chi connectivity index (χ3n) is 4.66. The van der Waals surface area contributed by atoms with Crippen LogP contribution in [0.3, 0.4) is 0 Å². The quantitative estimate of drug-likeness (QED) is 0.846. The topological polar surface area (TPSA) is 62.7 Å². The van der Waals surface area contributed by atoms with Crippen molar-refractivity contribution in [2.75, 3.05) is 20.2 Å². The molecule has 2 aromatic rings. The minimum absolute atomic E-state index is 0.0351. The molecule has 1 aliphatic heterocycles. The Balaban J connectivity index is 1.71. The molecule has 0 aliphatic carbocycles. The number of piperazine rings is 1. The summed E-state index contributed by atoms with van der Waals surface area (Å²) in [7, 11) is 1.51. The van der Waals surface area contributed by atoms with Gasteiger partial charge in [-0.2, -0.15) is 0 Å². The van der Waals surface area contributed by atoms with Gasteiger partial charge in [-0.1, -0.05) is 29.8 Å². The van der Waals surface area contributed by atoms with E-state index < -0.39 is 6.04 Å². The largest absolute Gasteiger partial charge is 0.481 e. The highest BCUT2D eigenvalue weighted by molar-refractivity contribution is 5.98. The molecule has 26 heavy (non-hydrogen) atoms. The van der Waals surface area contributed by atoms with Crippen molar-refractivity contribution in [1.29, 1.82) is 0 Å². The van der Waals surface area contributed by atoms with Crippen molar-refractivity contribution in [2.24, 2.45) is 0 Å². The van der Waals surface area contributed by atoms with E-state index in [0.29, 0.717) is 31.1 Å². The van der Waals surface area contributed by atoms with Gasteiger partial charge in [0.1, 0.15) is 6.04 Å². The molecule has 2 heterocycles. The summed E-state index contributed by atoms with van der Waals surface area (Å²) in [6.45, 7) is 5.40. The van der Waals surface area contributed by atoms with Crippen LogP contribution in [-0.2, 0) is 11.3 Å². The number of hydrogen-bond acceptors (Lipinski definition) is 4. The summed E-state index contributed by atoms with van der Waals surface area (Å²) in [4.78, 5) is 33.0. The van der Waals surface area contributed by atoms with Crippen molar-refractivity contribution in [3.63, 3.8) is 0 Å². The maximum Gasteiger partial charge on any atom is 0.254 e. The zero-order chi connectivity index (χ0) is 18.7. The smallest absolute Gasteiger partial charge is 0.254 e. The molecular weight excluding hydrogens is 330 g/mol. The van der Waals surface area contributed by atoms with Crippen molar-refractivity contribution in [2.45, 2.75) is 26.4 Å². The van der Waals surface area contributed by atoms with Crippen molar-refractivity contribution < 1.29 is 14.3 Å². The molecule has 0 radical (unpaired) electrons. The second-order valence-electron chi connectivity index (χ2n) is 6.51. The number of benzene rings is 1. The third-order valence-corrected chi connectivity index (χ3v) is 4.66. The van der Waals surface area contributed by atoms with Crippen molar-refractivity contribution in [3.8, 4) is 5.88 Å². The molecule has 0 bridgehead atoms. The van der Waals surface area contributed by atoms with Gasteiger partial charge in [-0.05, 0) is 25.5 Å². The molecule has 0 unspecified atom stereocenters. The summed E-state index contributed by atoms with van der Waals surface area (Å²) in [6.07, 6.45) is 1.53. The normalized spacial score (nSPS) is 17.3. The number of methoxy groups -OCH3 is 1. The first-order valence-electron chi connectivity index (χ1n) is 8.65. The van der Waals surface area contributed by atoms with Crippen LogP contribution in [0.2, 0.25) is 0 Å². The van der Waals surface area contributed by atoms with Crippen LogP contribution in [0.15, 0.2) is 42.6 Å². The van der Waals surface area contributed by atoms with Gasteiger partial charge >= 0.3 is 0 Å². The second kappa shape index (κ2) is 7.56. The van der Waals surface area contributed by atoms with Gasteiger partial charge in [0.05, 0.1) is 7.11 Å². The summed E-state index contributed by atoms with van der Waals surface area (Å²) in [5.74, 6) is 0.168. The van der Waals surface area contributed by atoms with Crippen molar-refractivity contribution >= 4 is 11.8 Å². The molecule has 2 amide bonds. The number of hydrogen-bond donors (Lipinski definition) is 0. The predicted octanol–water partition coefficient (Wildman–Crippen LogP) is 2.27. The maximum absolute atomic E-state index is 12.8. The minimum atomic E-state index is -0.500. The van der Waals surface area contributed by atoms with E-state index in [1.54, 1.807) is 24.0 Å². The lowest BCUT2D eigenvalue weighted by molar-refractivity contribution is -0.140. The van der Waals surface area contributed by atoms with Crippen LogP contribution in [0, 0.1) is 6.92 Å². The molecular formula is C20H23N3O3. The number of pyridine rings is 1. The molecule has 6 heteroatoms. The molecule has 1 aromatic heterocycles. The molecule has 3 rings (SSSR count). The van der Waals surface area contributed by atoms with Crippen molar-refractivity contribution in [3.05, 3.63) is 59.3 Å². The minimum Gasteiger partial charge on any atom is -0.481 e. The SMILES string of the molecule is COc1cc(C(=O)N2CCN(Cc3cccc(C)c3)C(=O)[C@H]2C)ccn1. The van der Waals surface area contributed by atoms with E-state index in [0.717, 1.165) is 5.56 Å². The summed E-state index contributed by atoms with van der Waals surface area (Å²) < 4.78 is 5.08. The fourth-order valence-electron chi connectivity index (χ4n) is 3.22. The Labute approximate surface area is 153 Å². The Morgan fingerprint density at radius 2 is 2.08 bits per heavy atom. The van der Waals surface area contributed by atoms with E-state index in [9.17, 15) is 9.59 Å². The zero-order valence-electron chi connectivity index (χ0n) is 15.3. The van der Waals surface area contributed by atoms with E-state index in [4.69, 9.17) is 4.74 Å². The van der Waals surface area contributed by atoms with Crippen molar-refractivity contribution in [1.82, 2.24) is 14.8 Å². The fraction of sp³-hybridized carbons (Fsp3) is 0.350. The Hall–Kier alpha value is -2.89. The first kappa shape index (κ1) is 17.9. The maximum atomic E-state index is 12.8. The highest BCUT2D eigenvalue weighted by Gasteiger charge is 2.34. The summed E-state index contributed by atoms with van der Waals surface area (Å²) in [5, 5.41) is 0. The summed E-state index contributed by atoms with van der Waals surface area (Å²) in [6, 6.07) is 10.9. The van der Waals surface area contributed by atoms with Gasteiger partial charge in [0.2, 0.25) is 11.8 Å². The zero-order valence-corrected chi connectivity index (χ0v) is 15.3. The van der Waals surface area contributed by atoms with E-state index in [1.807, 2.05) is 30.0 Å². The van der Waals surface area contributed by atoms with Gasteiger partial charge in [-0.25, -0.2) is 4.98 Å². The lowest BCUT2D eigenvalue weighted by atomic mass is 10.1. The molecule has 136 valence electrons. The van der Waals surface area contributed by atoms with Crippen LogP contribution in [0.1, 0.15) is 28.4 Å². The number of ether oxygens (including phenoxy) is 1. The molecule has 1 fully saturated rings. The van der Waals surface area contributed by atoms with Crippen LogP contribution in [0.4, 0.5) is 0 Å². The highest BCUT2D eigenvalue weighted by Crippen LogP contribution is 2.19. The molecule has 1 aliphatic rings. The molecule has 1 atom stereocenters. The van der Waals surface area contributed by atoms with Gasteiger partial charge in [0.25, 0.3) is 5.91 Å². The Morgan fingerprint density at radius 1 is 1.27 bits per heavy atom.